The number of nitrogens with one attached hydrogen (secondary N) is 1. The van der Waals surface area contributed by atoms with Crippen molar-refractivity contribution in [1.29, 1.82) is 0 Å². The number of hydrogen-bond donors (Lipinski definition) is 1. The predicted molar refractivity (Wildman–Crippen MR) is 139 cm³/mol. The molecule has 0 radical (unpaired) electrons. The quantitative estimate of drug-likeness (QED) is 0.182. The molecule has 5 rings (SSSR count). The maximum Gasteiger partial charge on any atom is 0.267 e. The SMILES string of the molecule is Cc1ccc(-n2c(SCC(=O)N/N=C\c3ccccc3)nc3sc4c(c3c2=O)CCCC4)cc1. The number of aromatic nitrogens is 2. The van der Waals surface area contributed by atoms with Crippen LogP contribution in [-0.4, -0.2) is 27.4 Å². The second-order valence-corrected chi connectivity index (χ2v) is 10.3. The molecule has 8 heteroatoms. The van der Waals surface area contributed by atoms with E-state index in [2.05, 4.69) is 10.5 Å². The zero-order chi connectivity index (χ0) is 23.5. The molecule has 0 bridgehead atoms. The highest BCUT2D eigenvalue weighted by atomic mass is 32.2. The van der Waals surface area contributed by atoms with Gasteiger partial charge in [-0.1, -0.05) is 59.8 Å². The minimum atomic E-state index is -0.257. The lowest BCUT2D eigenvalue weighted by molar-refractivity contribution is -0.118. The summed E-state index contributed by atoms with van der Waals surface area (Å²) in [5.74, 6) is -0.159. The van der Waals surface area contributed by atoms with Crippen molar-refractivity contribution in [3.05, 3.63) is 86.5 Å². The molecule has 1 aliphatic rings. The van der Waals surface area contributed by atoms with E-state index >= 15 is 0 Å². The summed E-state index contributed by atoms with van der Waals surface area (Å²) in [7, 11) is 0. The monoisotopic (exact) mass is 488 g/mol. The van der Waals surface area contributed by atoms with Crippen molar-refractivity contribution in [3.8, 4) is 5.69 Å². The highest BCUT2D eigenvalue weighted by Crippen LogP contribution is 2.35. The molecule has 6 nitrogen and oxygen atoms in total. The third-order valence-corrected chi connectivity index (χ3v) is 7.91. The molecule has 0 spiro atoms. The molecule has 0 saturated heterocycles. The fourth-order valence-electron chi connectivity index (χ4n) is 4.08. The Kier molecular flexibility index (Phi) is 6.60. The van der Waals surface area contributed by atoms with E-state index < -0.39 is 0 Å². The molecule has 0 atom stereocenters. The lowest BCUT2D eigenvalue weighted by atomic mass is 9.97. The van der Waals surface area contributed by atoms with Crippen molar-refractivity contribution in [2.75, 3.05) is 5.75 Å². The van der Waals surface area contributed by atoms with Crippen LogP contribution in [-0.2, 0) is 17.6 Å². The van der Waals surface area contributed by atoms with Crippen LogP contribution in [0.2, 0.25) is 0 Å². The molecule has 34 heavy (non-hydrogen) atoms. The average Bonchev–Trinajstić information content (AvgIpc) is 3.23. The number of fused-ring (bicyclic) bond motifs is 3. The number of nitrogens with zero attached hydrogens (tertiary/aromatic N) is 3. The van der Waals surface area contributed by atoms with Crippen molar-refractivity contribution in [2.24, 2.45) is 5.10 Å². The number of aryl methyl sites for hydroxylation is 3. The predicted octanol–water partition coefficient (Wildman–Crippen LogP) is 4.88. The molecule has 0 unspecified atom stereocenters. The van der Waals surface area contributed by atoms with Gasteiger partial charge in [0.1, 0.15) is 4.83 Å². The molecule has 1 amide bonds. The van der Waals surface area contributed by atoms with E-state index in [0.29, 0.717) is 5.16 Å². The molecular weight excluding hydrogens is 464 g/mol. The van der Waals surface area contributed by atoms with E-state index in [9.17, 15) is 9.59 Å². The van der Waals surface area contributed by atoms with Crippen LogP contribution in [0.3, 0.4) is 0 Å². The molecule has 4 aromatic rings. The average molecular weight is 489 g/mol. The Hall–Kier alpha value is -3.23. The number of thiophene rings is 1. The summed E-state index contributed by atoms with van der Waals surface area (Å²) in [5.41, 5.74) is 6.43. The lowest BCUT2D eigenvalue weighted by Gasteiger charge is -2.13. The van der Waals surface area contributed by atoms with Crippen LogP contribution in [0.4, 0.5) is 0 Å². The lowest BCUT2D eigenvalue weighted by Crippen LogP contribution is -2.24. The number of amides is 1. The molecule has 1 N–H and O–H groups in total. The third-order valence-electron chi connectivity index (χ3n) is 5.79. The molecule has 2 heterocycles. The molecule has 0 aliphatic heterocycles. The van der Waals surface area contributed by atoms with E-state index in [-0.39, 0.29) is 17.2 Å². The normalized spacial score (nSPS) is 13.3. The van der Waals surface area contributed by atoms with Crippen LogP contribution >= 0.6 is 23.1 Å². The number of carbonyl (C=O) groups is 1. The van der Waals surface area contributed by atoms with E-state index in [1.807, 2.05) is 61.5 Å². The number of benzene rings is 2. The van der Waals surface area contributed by atoms with Crippen LogP contribution < -0.4 is 11.0 Å². The zero-order valence-corrected chi connectivity index (χ0v) is 20.4. The zero-order valence-electron chi connectivity index (χ0n) is 18.8. The Morgan fingerprint density at radius 1 is 1.15 bits per heavy atom. The van der Waals surface area contributed by atoms with Gasteiger partial charge in [-0.15, -0.1) is 11.3 Å². The largest absolute Gasteiger partial charge is 0.272 e. The Labute approximate surface area is 205 Å². The van der Waals surface area contributed by atoms with Gasteiger partial charge in [0.15, 0.2) is 5.16 Å². The van der Waals surface area contributed by atoms with Crippen molar-refractivity contribution in [1.82, 2.24) is 15.0 Å². The second kappa shape index (κ2) is 9.95. The van der Waals surface area contributed by atoms with Crippen molar-refractivity contribution >= 4 is 45.4 Å². The Morgan fingerprint density at radius 2 is 1.91 bits per heavy atom. The van der Waals surface area contributed by atoms with Gasteiger partial charge in [-0.05, 0) is 55.9 Å². The Balaban J connectivity index is 1.45. The molecule has 172 valence electrons. The van der Waals surface area contributed by atoms with Crippen LogP contribution in [0.5, 0.6) is 0 Å². The maximum absolute atomic E-state index is 13.7. The Morgan fingerprint density at radius 3 is 2.71 bits per heavy atom. The summed E-state index contributed by atoms with van der Waals surface area (Å²) in [4.78, 5) is 33.1. The number of hydrogen-bond acceptors (Lipinski definition) is 6. The third kappa shape index (κ3) is 4.69. The fourth-order valence-corrected chi connectivity index (χ4v) is 6.19. The number of thioether (sulfide) groups is 1. The first kappa shape index (κ1) is 22.6. The highest BCUT2D eigenvalue weighted by Gasteiger charge is 2.23. The summed E-state index contributed by atoms with van der Waals surface area (Å²) in [6.07, 6.45) is 5.78. The van der Waals surface area contributed by atoms with Gasteiger partial charge in [0, 0.05) is 4.88 Å². The van der Waals surface area contributed by atoms with E-state index in [4.69, 9.17) is 4.98 Å². The molecule has 2 aromatic carbocycles. The first-order valence-corrected chi connectivity index (χ1v) is 13.0. The number of hydrazone groups is 1. The number of carbonyl (C=O) groups excluding carboxylic acids is 1. The van der Waals surface area contributed by atoms with Crippen LogP contribution in [0.25, 0.3) is 15.9 Å². The molecular formula is C26H24N4O2S2. The fraction of sp³-hybridized carbons (Fsp3) is 0.231. The molecule has 2 aromatic heterocycles. The van der Waals surface area contributed by atoms with E-state index in [0.717, 1.165) is 58.3 Å². The van der Waals surface area contributed by atoms with Crippen molar-refractivity contribution < 1.29 is 4.79 Å². The number of rotatable bonds is 6. The van der Waals surface area contributed by atoms with Gasteiger partial charge in [-0.25, -0.2) is 10.4 Å². The van der Waals surface area contributed by atoms with Gasteiger partial charge in [-0.2, -0.15) is 5.10 Å². The Bertz CT molecular complexity index is 1420. The smallest absolute Gasteiger partial charge is 0.267 e. The molecule has 0 fully saturated rings. The van der Waals surface area contributed by atoms with Gasteiger partial charge in [0.2, 0.25) is 0 Å². The van der Waals surface area contributed by atoms with E-state index in [1.165, 1.54) is 16.6 Å². The highest BCUT2D eigenvalue weighted by molar-refractivity contribution is 7.99. The van der Waals surface area contributed by atoms with Gasteiger partial charge < -0.3 is 0 Å². The summed E-state index contributed by atoms with van der Waals surface area (Å²) < 4.78 is 1.65. The van der Waals surface area contributed by atoms with Crippen LogP contribution in [0.15, 0.2) is 69.6 Å². The summed E-state index contributed by atoms with van der Waals surface area (Å²) in [5, 5.41) is 5.28. The first-order chi connectivity index (χ1) is 16.6. The van der Waals surface area contributed by atoms with Crippen LogP contribution in [0.1, 0.15) is 34.4 Å². The first-order valence-electron chi connectivity index (χ1n) is 11.2. The van der Waals surface area contributed by atoms with Crippen molar-refractivity contribution in [2.45, 2.75) is 37.8 Å². The van der Waals surface area contributed by atoms with E-state index in [1.54, 1.807) is 22.1 Å². The van der Waals surface area contributed by atoms with Gasteiger partial charge >= 0.3 is 0 Å². The van der Waals surface area contributed by atoms with Crippen molar-refractivity contribution in [3.63, 3.8) is 0 Å². The van der Waals surface area contributed by atoms with Gasteiger partial charge in [0.05, 0.1) is 23.0 Å². The van der Waals surface area contributed by atoms with Crippen LogP contribution in [0, 0.1) is 6.92 Å². The van der Waals surface area contributed by atoms with Gasteiger partial charge in [-0.3, -0.25) is 14.2 Å². The standard InChI is InChI=1S/C26H24N4O2S2/c1-17-11-13-19(14-12-17)30-25(32)23-20-9-5-6-10-21(20)34-24(23)28-26(30)33-16-22(31)29-27-15-18-7-3-2-4-8-18/h2-4,7-8,11-15H,5-6,9-10,16H2,1H3,(H,29,31)/b27-15-. The minimum absolute atomic E-state index is 0.0572. The summed E-state index contributed by atoms with van der Waals surface area (Å²) >= 11 is 2.87. The maximum atomic E-state index is 13.7. The summed E-state index contributed by atoms with van der Waals surface area (Å²) in [6, 6.07) is 17.4. The molecule has 1 aliphatic carbocycles. The second-order valence-electron chi connectivity index (χ2n) is 8.25. The topological polar surface area (TPSA) is 76.3 Å². The summed E-state index contributed by atoms with van der Waals surface area (Å²) in [6.45, 7) is 2.01. The molecule has 0 saturated carbocycles. The van der Waals surface area contributed by atoms with Gasteiger partial charge in [0.25, 0.3) is 11.5 Å². The minimum Gasteiger partial charge on any atom is -0.272 e.